The predicted molar refractivity (Wildman–Crippen MR) is 93.3 cm³/mol. The normalized spacial score (nSPS) is 20.7. The van der Waals surface area contributed by atoms with Crippen molar-refractivity contribution in [3.05, 3.63) is 41.7 Å². The van der Waals surface area contributed by atoms with Crippen LogP contribution in [0.5, 0.6) is 0 Å². The number of H-pyrrole nitrogens is 1. The van der Waals surface area contributed by atoms with Crippen molar-refractivity contribution in [1.82, 2.24) is 30.6 Å². The number of amides is 1. The lowest BCUT2D eigenvalue weighted by molar-refractivity contribution is 0.0937. The number of nitrogens with zero attached hydrogens (tertiary/aromatic N) is 4. The van der Waals surface area contributed by atoms with E-state index in [2.05, 4.69) is 48.8 Å². The molecule has 1 saturated carbocycles. The van der Waals surface area contributed by atoms with Crippen LogP contribution in [0.2, 0.25) is 0 Å². The minimum Gasteiger partial charge on any atom is -0.346 e. The van der Waals surface area contributed by atoms with E-state index in [0.29, 0.717) is 5.89 Å². The molecule has 26 heavy (non-hydrogen) atoms. The molecule has 2 aliphatic rings. The second-order valence-electron chi connectivity index (χ2n) is 7.12. The quantitative estimate of drug-likeness (QED) is 0.730. The molecule has 1 saturated heterocycles. The SMILES string of the molecule is O=C(NC1CC1)c1noc([C@H]2CCCN2Cc2ccc3cn[nH]c3c2)n1. The molecular weight excluding hydrogens is 332 g/mol. The van der Waals surface area contributed by atoms with E-state index in [1.165, 1.54) is 5.56 Å². The van der Waals surface area contributed by atoms with Gasteiger partial charge >= 0.3 is 0 Å². The van der Waals surface area contributed by atoms with Gasteiger partial charge in [-0.25, -0.2) is 0 Å². The summed E-state index contributed by atoms with van der Waals surface area (Å²) in [5.41, 5.74) is 2.25. The summed E-state index contributed by atoms with van der Waals surface area (Å²) in [5, 5.41) is 15.0. The molecule has 1 atom stereocenters. The van der Waals surface area contributed by atoms with Crippen LogP contribution >= 0.6 is 0 Å². The number of nitrogens with one attached hydrogen (secondary N) is 2. The highest BCUT2D eigenvalue weighted by molar-refractivity contribution is 5.90. The number of aromatic nitrogens is 4. The van der Waals surface area contributed by atoms with Crippen LogP contribution in [0.3, 0.4) is 0 Å². The highest BCUT2D eigenvalue weighted by Gasteiger charge is 2.32. The van der Waals surface area contributed by atoms with Crippen LogP contribution in [-0.2, 0) is 6.54 Å². The highest BCUT2D eigenvalue weighted by atomic mass is 16.5. The van der Waals surface area contributed by atoms with Crippen molar-refractivity contribution in [2.45, 2.75) is 44.3 Å². The summed E-state index contributed by atoms with van der Waals surface area (Å²) in [7, 11) is 0. The van der Waals surface area contributed by atoms with Crippen molar-refractivity contribution in [3.63, 3.8) is 0 Å². The maximum Gasteiger partial charge on any atom is 0.292 e. The standard InChI is InChI=1S/C18H20N6O2/c25-17(20-13-5-6-13)16-21-18(26-23-16)15-2-1-7-24(15)10-11-3-4-12-9-19-22-14(12)8-11/h3-4,8-9,13,15H,1-2,5-7,10H2,(H,19,22)(H,20,25)/t15-/m1/s1. The van der Waals surface area contributed by atoms with Gasteiger partial charge in [0.25, 0.3) is 11.7 Å². The Kier molecular flexibility index (Phi) is 3.70. The van der Waals surface area contributed by atoms with Crippen molar-refractivity contribution in [3.8, 4) is 0 Å². The molecule has 1 amide bonds. The zero-order chi connectivity index (χ0) is 17.5. The van der Waals surface area contributed by atoms with E-state index in [4.69, 9.17) is 4.52 Å². The third-order valence-electron chi connectivity index (χ3n) is 5.10. The van der Waals surface area contributed by atoms with Crippen molar-refractivity contribution >= 4 is 16.8 Å². The molecular formula is C18H20N6O2. The van der Waals surface area contributed by atoms with Crippen LogP contribution in [0.25, 0.3) is 10.9 Å². The Morgan fingerprint density at radius 1 is 1.35 bits per heavy atom. The molecule has 0 spiro atoms. The fourth-order valence-electron chi connectivity index (χ4n) is 3.55. The van der Waals surface area contributed by atoms with E-state index in [0.717, 1.165) is 49.7 Å². The van der Waals surface area contributed by atoms with Gasteiger partial charge < -0.3 is 9.84 Å². The monoisotopic (exact) mass is 352 g/mol. The van der Waals surface area contributed by atoms with Gasteiger partial charge in [0, 0.05) is 18.0 Å². The first-order chi connectivity index (χ1) is 12.8. The second kappa shape index (κ2) is 6.21. The number of likely N-dealkylation sites (tertiary alicyclic amines) is 1. The summed E-state index contributed by atoms with van der Waals surface area (Å²) in [5.74, 6) is 0.431. The van der Waals surface area contributed by atoms with Gasteiger partial charge in [0.2, 0.25) is 5.89 Å². The first-order valence-corrected chi connectivity index (χ1v) is 9.07. The molecule has 0 bridgehead atoms. The van der Waals surface area contributed by atoms with Crippen molar-refractivity contribution in [2.24, 2.45) is 0 Å². The topological polar surface area (TPSA) is 99.9 Å². The molecule has 2 N–H and O–H groups in total. The van der Waals surface area contributed by atoms with Crippen LogP contribution in [0.4, 0.5) is 0 Å². The molecule has 2 aromatic heterocycles. The maximum absolute atomic E-state index is 12.1. The molecule has 3 heterocycles. The summed E-state index contributed by atoms with van der Waals surface area (Å²) in [6.45, 7) is 1.77. The van der Waals surface area contributed by atoms with Gasteiger partial charge in [0.05, 0.1) is 17.8 Å². The van der Waals surface area contributed by atoms with Crippen LogP contribution in [0, 0.1) is 0 Å². The summed E-state index contributed by atoms with van der Waals surface area (Å²) in [6, 6.07) is 6.66. The molecule has 0 radical (unpaired) electrons. The number of carbonyl (C=O) groups is 1. The predicted octanol–water partition coefficient (Wildman–Crippen LogP) is 2.18. The lowest BCUT2D eigenvalue weighted by atomic mass is 10.1. The summed E-state index contributed by atoms with van der Waals surface area (Å²) in [6.07, 6.45) is 5.92. The molecule has 8 heteroatoms. The maximum atomic E-state index is 12.1. The van der Waals surface area contributed by atoms with Gasteiger partial charge in [-0.3, -0.25) is 14.8 Å². The zero-order valence-electron chi connectivity index (χ0n) is 14.3. The molecule has 1 aliphatic carbocycles. The second-order valence-corrected chi connectivity index (χ2v) is 7.12. The Labute approximate surface area is 149 Å². The number of rotatable bonds is 5. The minimum atomic E-state index is -0.239. The smallest absolute Gasteiger partial charge is 0.292 e. The van der Waals surface area contributed by atoms with Crippen molar-refractivity contribution < 1.29 is 9.32 Å². The molecule has 8 nitrogen and oxygen atoms in total. The van der Waals surface area contributed by atoms with Gasteiger partial charge in [-0.2, -0.15) is 10.1 Å². The molecule has 134 valence electrons. The first kappa shape index (κ1) is 15.5. The van der Waals surface area contributed by atoms with Crippen LogP contribution in [-0.4, -0.2) is 43.7 Å². The molecule has 1 aliphatic heterocycles. The summed E-state index contributed by atoms with van der Waals surface area (Å²) < 4.78 is 5.42. The summed E-state index contributed by atoms with van der Waals surface area (Å²) in [4.78, 5) is 18.8. The number of aromatic amines is 1. The zero-order valence-corrected chi connectivity index (χ0v) is 14.3. The van der Waals surface area contributed by atoms with E-state index in [1.807, 2.05) is 6.20 Å². The average Bonchev–Trinajstić information content (AvgIpc) is 3.08. The molecule has 0 unspecified atom stereocenters. The number of benzene rings is 1. The first-order valence-electron chi connectivity index (χ1n) is 9.07. The Morgan fingerprint density at radius 2 is 2.27 bits per heavy atom. The average molecular weight is 352 g/mol. The Hall–Kier alpha value is -2.74. The van der Waals surface area contributed by atoms with Gasteiger partial charge in [-0.15, -0.1) is 0 Å². The number of fused-ring (bicyclic) bond motifs is 1. The molecule has 2 fully saturated rings. The van der Waals surface area contributed by atoms with E-state index in [1.54, 1.807) is 0 Å². The van der Waals surface area contributed by atoms with Gasteiger partial charge in [-0.05, 0) is 43.9 Å². The van der Waals surface area contributed by atoms with E-state index >= 15 is 0 Å². The largest absolute Gasteiger partial charge is 0.346 e. The van der Waals surface area contributed by atoms with Gasteiger partial charge in [0.1, 0.15) is 0 Å². The highest BCUT2D eigenvalue weighted by Crippen LogP contribution is 2.32. The van der Waals surface area contributed by atoms with Crippen molar-refractivity contribution in [1.29, 1.82) is 0 Å². The van der Waals surface area contributed by atoms with Crippen molar-refractivity contribution in [2.75, 3.05) is 6.54 Å². The number of hydrogen-bond acceptors (Lipinski definition) is 6. The molecule has 5 rings (SSSR count). The fraction of sp³-hybridized carbons (Fsp3) is 0.444. The summed E-state index contributed by atoms with van der Waals surface area (Å²) >= 11 is 0. The lowest BCUT2D eigenvalue weighted by Gasteiger charge is -2.21. The number of hydrogen-bond donors (Lipinski definition) is 2. The van der Waals surface area contributed by atoms with E-state index < -0.39 is 0 Å². The third kappa shape index (κ3) is 2.96. The van der Waals surface area contributed by atoms with E-state index in [-0.39, 0.29) is 23.8 Å². The Bertz CT molecular complexity index is 944. The molecule has 3 aromatic rings. The third-order valence-corrected chi connectivity index (χ3v) is 5.10. The fourth-order valence-corrected chi connectivity index (χ4v) is 3.55. The van der Waals surface area contributed by atoms with Crippen LogP contribution < -0.4 is 5.32 Å². The number of carbonyl (C=O) groups excluding carboxylic acids is 1. The van der Waals surface area contributed by atoms with Gasteiger partial charge in [0.15, 0.2) is 0 Å². The Balaban J connectivity index is 1.31. The minimum absolute atomic E-state index is 0.0578. The molecule has 1 aromatic carbocycles. The lowest BCUT2D eigenvalue weighted by Crippen LogP contribution is -2.27. The van der Waals surface area contributed by atoms with E-state index in [9.17, 15) is 4.79 Å². The van der Waals surface area contributed by atoms with Crippen LogP contribution in [0.1, 0.15) is 53.8 Å². The van der Waals surface area contributed by atoms with Gasteiger partial charge in [-0.1, -0.05) is 17.3 Å². The Morgan fingerprint density at radius 3 is 3.15 bits per heavy atom. The van der Waals surface area contributed by atoms with Crippen LogP contribution in [0.15, 0.2) is 28.9 Å².